The van der Waals surface area contributed by atoms with Gasteiger partial charge in [0, 0.05) is 19.1 Å². The van der Waals surface area contributed by atoms with E-state index in [4.69, 9.17) is 9.47 Å². The Kier molecular flexibility index (Phi) is 6.73. The van der Waals surface area contributed by atoms with Gasteiger partial charge in [-0.2, -0.15) is 0 Å². The van der Waals surface area contributed by atoms with E-state index in [1.807, 2.05) is 24.3 Å². The van der Waals surface area contributed by atoms with Crippen molar-refractivity contribution in [3.8, 4) is 11.5 Å². The van der Waals surface area contributed by atoms with E-state index in [2.05, 4.69) is 41.3 Å². The lowest BCUT2D eigenvalue weighted by Gasteiger charge is -2.30. The van der Waals surface area contributed by atoms with E-state index in [0.29, 0.717) is 6.04 Å². The van der Waals surface area contributed by atoms with Gasteiger partial charge in [-0.25, -0.2) is 0 Å². The van der Waals surface area contributed by atoms with Gasteiger partial charge in [-0.15, -0.1) is 0 Å². The van der Waals surface area contributed by atoms with Crippen molar-refractivity contribution in [2.24, 2.45) is 0 Å². The second-order valence-corrected chi connectivity index (χ2v) is 6.88. The number of allylic oxidation sites excluding steroid dienone is 1. The van der Waals surface area contributed by atoms with Crippen LogP contribution in [-0.2, 0) is 13.1 Å². The maximum Gasteiger partial charge on any atom is 0.118 e. The van der Waals surface area contributed by atoms with Crippen LogP contribution in [0.5, 0.6) is 11.5 Å². The van der Waals surface area contributed by atoms with Gasteiger partial charge in [-0.3, -0.25) is 4.90 Å². The molecule has 0 saturated carbocycles. The average molecular weight is 351 g/mol. The summed E-state index contributed by atoms with van der Waals surface area (Å²) >= 11 is 0. The molecule has 0 radical (unpaired) electrons. The molecule has 0 aromatic heterocycles. The van der Waals surface area contributed by atoms with Crippen molar-refractivity contribution in [3.05, 3.63) is 71.8 Å². The first-order valence-electron chi connectivity index (χ1n) is 9.45. The Morgan fingerprint density at radius 3 is 1.85 bits per heavy atom. The summed E-state index contributed by atoms with van der Waals surface area (Å²) in [5.41, 5.74) is 2.63. The standard InChI is InChI=1S/C23H29NO2/c1-25-22-13-9-19(10-14-22)17-24(21-7-5-3-4-6-8-21)18-20-11-15-23(26-2)16-12-20/h5,7,9-16,21H,3-4,6,8,17-18H2,1-2H3/t21-/m1/s1. The summed E-state index contributed by atoms with van der Waals surface area (Å²) < 4.78 is 10.6. The number of hydrogen-bond donors (Lipinski definition) is 0. The first-order chi connectivity index (χ1) is 12.8. The quantitative estimate of drug-likeness (QED) is 0.640. The number of hydrogen-bond acceptors (Lipinski definition) is 3. The van der Waals surface area contributed by atoms with Gasteiger partial charge in [0.2, 0.25) is 0 Å². The second kappa shape index (κ2) is 9.44. The average Bonchev–Trinajstić information content (AvgIpc) is 2.98. The minimum absolute atomic E-state index is 0.488. The largest absolute Gasteiger partial charge is 0.497 e. The van der Waals surface area contributed by atoms with Crippen molar-refractivity contribution in [2.75, 3.05) is 14.2 Å². The Hall–Kier alpha value is -2.26. The van der Waals surface area contributed by atoms with Crippen LogP contribution in [-0.4, -0.2) is 25.2 Å². The van der Waals surface area contributed by atoms with Crippen LogP contribution >= 0.6 is 0 Å². The predicted octanol–water partition coefficient (Wildman–Crippen LogP) is 5.20. The first kappa shape index (κ1) is 18.5. The SMILES string of the molecule is COc1ccc(CN(Cc2ccc(OC)cc2)[C@@H]2C=CCCCC2)cc1. The zero-order chi connectivity index (χ0) is 18.2. The van der Waals surface area contributed by atoms with Gasteiger partial charge in [0.05, 0.1) is 14.2 Å². The highest BCUT2D eigenvalue weighted by molar-refractivity contribution is 5.29. The molecule has 3 heteroatoms. The molecule has 26 heavy (non-hydrogen) atoms. The zero-order valence-corrected chi connectivity index (χ0v) is 15.9. The zero-order valence-electron chi connectivity index (χ0n) is 15.9. The van der Waals surface area contributed by atoms with E-state index in [-0.39, 0.29) is 0 Å². The molecule has 0 spiro atoms. The Balaban J connectivity index is 1.77. The van der Waals surface area contributed by atoms with Crippen molar-refractivity contribution in [3.63, 3.8) is 0 Å². The fourth-order valence-corrected chi connectivity index (χ4v) is 3.49. The maximum atomic E-state index is 5.29. The maximum absolute atomic E-state index is 5.29. The van der Waals surface area contributed by atoms with Crippen molar-refractivity contribution in [2.45, 2.75) is 44.8 Å². The molecule has 0 heterocycles. The van der Waals surface area contributed by atoms with Gasteiger partial charge < -0.3 is 9.47 Å². The third-order valence-electron chi connectivity index (χ3n) is 5.04. The Bertz CT molecular complexity index is 642. The van der Waals surface area contributed by atoms with Gasteiger partial charge in [0.25, 0.3) is 0 Å². The molecule has 3 rings (SSSR count). The summed E-state index contributed by atoms with van der Waals surface area (Å²) in [5.74, 6) is 1.81. The summed E-state index contributed by atoms with van der Waals surface area (Å²) in [6.45, 7) is 1.87. The first-order valence-corrected chi connectivity index (χ1v) is 9.45. The summed E-state index contributed by atoms with van der Waals surface area (Å²) in [7, 11) is 3.42. The van der Waals surface area contributed by atoms with Crippen LogP contribution in [0.25, 0.3) is 0 Å². The van der Waals surface area contributed by atoms with Crippen LogP contribution < -0.4 is 9.47 Å². The summed E-state index contributed by atoms with van der Waals surface area (Å²) in [4.78, 5) is 2.57. The Labute approximate surface area is 157 Å². The lowest BCUT2D eigenvalue weighted by Crippen LogP contribution is -2.32. The molecule has 138 valence electrons. The molecule has 1 aliphatic carbocycles. The molecule has 2 aromatic carbocycles. The number of nitrogens with zero attached hydrogens (tertiary/aromatic N) is 1. The van der Waals surface area contributed by atoms with Crippen molar-refractivity contribution in [1.29, 1.82) is 0 Å². The van der Waals surface area contributed by atoms with E-state index < -0.39 is 0 Å². The predicted molar refractivity (Wildman–Crippen MR) is 107 cm³/mol. The molecular formula is C23H29NO2. The molecule has 3 nitrogen and oxygen atoms in total. The number of benzene rings is 2. The van der Waals surface area contributed by atoms with Crippen molar-refractivity contribution in [1.82, 2.24) is 4.90 Å². The Morgan fingerprint density at radius 2 is 1.35 bits per heavy atom. The van der Waals surface area contributed by atoms with Crippen LogP contribution in [0.3, 0.4) is 0 Å². The minimum atomic E-state index is 0.488. The normalized spacial score (nSPS) is 17.1. The van der Waals surface area contributed by atoms with E-state index in [0.717, 1.165) is 24.6 Å². The minimum Gasteiger partial charge on any atom is -0.497 e. The highest BCUT2D eigenvalue weighted by atomic mass is 16.5. The third-order valence-corrected chi connectivity index (χ3v) is 5.04. The molecule has 0 bridgehead atoms. The van der Waals surface area contributed by atoms with Crippen LogP contribution in [0.1, 0.15) is 36.8 Å². The summed E-state index contributed by atoms with van der Waals surface area (Å²) in [6.07, 6.45) is 9.77. The van der Waals surface area contributed by atoms with E-state index in [1.165, 1.54) is 36.8 Å². The molecular weight excluding hydrogens is 322 g/mol. The van der Waals surface area contributed by atoms with Gasteiger partial charge in [0.1, 0.15) is 11.5 Å². The molecule has 0 saturated heterocycles. The fourth-order valence-electron chi connectivity index (χ4n) is 3.49. The molecule has 1 atom stereocenters. The number of methoxy groups -OCH3 is 2. The van der Waals surface area contributed by atoms with Crippen LogP contribution in [0.4, 0.5) is 0 Å². The molecule has 0 unspecified atom stereocenters. The highest BCUT2D eigenvalue weighted by Crippen LogP contribution is 2.23. The number of rotatable bonds is 7. The van der Waals surface area contributed by atoms with Gasteiger partial charge in [-0.05, 0) is 54.7 Å². The molecule has 0 amide bonds. The molecule has 0 fully saturated rings. The second-order valence-electron chi connectivity index (χ2n) is 6.88. The topological polar surface area (TPSA) is 21.7 Å². The van der Waals surface area contributed by atoms with Crippen molar-refractivity contribution >= 4 is 0 Å². The molecule has 0 N–H and O–H groups in total. The van der Waals surface area contributed by atoms with E-state index in [9.17, 15) is 0 Å². The number of ether oxygens (including phenoxy) is 2. The molecule has 2 aromatic rings. The monoisotopic (exact) mass is 351 g/mol. The summed E-state index contributed by atoms with van der Waals surface area (Å²) in [6, 6.07) is 17.3. The molecule has 1 aliphatic rings. The van der Waals surface area contributed by atoms with E-state index >= 15 is 0 Å². The van der Waals surface area contributed by atoms with Gasteiger partial charge in [0.15, 0.2) is 0 Å². The van der Waals surface area contributed by atoms with Crippen LogP contribution in [0, 0.1) is 0 Å². The van der Waals surface area contributed by atoms with Gasteiger partial charge in [-0.1, -0.05) is 42.8 Å². The highest BCUT2D eigenvalue weighted by Gasteiger charge is 2.18. The smallest absolute Gasteiger partial charge is 0.118 e. The van der Waals surface area contributed by atoms with Crippen molar-refractivity contribution < 1.29 is 9.47 Å². The lowest BCUT2D eigenvalue weighted by atomic mass is 10.1. The Morgan fingerprint density at radius 1 is 0.808 bits per heavy atom. The molecule has 0 aliphatic heterocycles. The van der Waals surface area contributed by atoms with Crippen LogP contribution in [0.15, 0.2) is 60.7 Å². The lowest BCUT2D eigenvalue weighted by molar-refractivity contribution is 0.201. The van der Waals surface area contributed by atoms with E-state index in [1.54, 1.807) is 14.2 Å². The third kappa shape index (κ3) is 5.12. The van der Waals surface area contributed by atoms with Crippen LogP contribution in [0.2, 0.25) is 0 Å². The summed E-state index contributed by atoms with van der Waals surface area (Å²) in [5, 5.41) is 0. The fraction of sp³-hybridized carbons (Fsp3) is 0.391. The van der Waals surface area contributed by atoms with Gasteiger partial charge >= 0.3 is 0 Å².